The molecule has 1 fully saturated rings. The van der Waals surface area contributed by atoms with Crippen molar-refractivity contribution in [2.75, 3.05) is 20.3 Å². The molecular formula is C14H24ClN3O. The Morgan fingerprint density at radius 1 is 1.58 bits per heavy atom. The molecule has 0 aromatic carbocycles. The molecular weight excluding hydrogens is 262 g/mol. The zero-order chi connectivity index (χ0) is 13.9. The summed E-state index contributed by atoms with van der Waals surface area (Å²) in [5.41, 5.74) is 1.12. The summed E-state index contributed by atoms with van der Waals surface area (Å²) in [6.07, 6.45) is 5.17. The van der Waals surface area contributed by atoms with Crippen molar-refractivity contribution >= 4 is 11.6 Å². The Morgan fingerprint density at radius 2 is 2.37 bits per heavy atom. The van der Waals surface area contributed by atoms with E-state index in [-0.39, 0.29) is 5.54 Å². The second-order valence-corrected chi connectivity index (χ2v) is 6.17. The van der Waals surface area contributed by atoms with E-state index in [1.807, 2.05) is 4.68 Å². The minimum atomic E-state index is -0.0184. The van der Waals surface area contributed by atoms with E-state index in [2.05, 4.69) is 24.3 Å². The molecule has 19 heavy (non-hydrogen) atoms. The minimum Gasteiger partial charge on any atom is -0.383 e. The smallest absolute Gasteiger partial charge is 0.0837 e. The minimum absolute atomic E-state index is 0.0184. The second kappa shape index (κ2) is 6.25. The first kappa shape index (κ1) is 14.8. The fourth-order valence-corrected chi connectivity index (χ4v) is 3.48. The van der Waals surface area contributed by atoms with Gasteiger partial charge in [-0.3, -0.25) is 4.68 Å². The van der Waals surface area contributed by atoms with Gasteiger partial charge in [-0.1, -0.05) is 25.4 Å². The van der Waals surface area contributed by atoms with Crippen molar-refractivity contribution < 1.29 is 4.74 Å². The highest BCUT2D eigenvalue weighted by Crippen LogP contribution is 2.40. The summed E-state index contributed by atoms with van der Waals surface area (Å²) in [6, 6.07) is 0. The van der Waals surface area contributed by atoms with E-state index < -0.39 is 0 Å². The van der Waals surface area contributed by atoms with Crippen LogP contribution in [-0.2, 0) is 16.8 Å². The third-order valence-corrected chi connectivity index (χ3v) is 4.03. The summed E-state index contributed by atoms with van der Waals surface area (Å²) in [6.45, 7) is 6.97. The first-order valence-electron chi connectivity index (χ1n) is 7.05. The summed E-state index contributed by atoms with van der Waals surface area (Å²) in [5, 5.41) is 8.86. The third kappa shape index (κ3) is 3.12. The lowest BCUT2D eigenvalue weighted by Gasteiger charge is -2.32. The number of hydrogen-bond acceptors (Lipinski definition) is 3. The largest absolute Gasteiger partial charge is 0.383 e. The molecule has 0 amide bonds. The Hall–Kier alpha value is -0.580. The van der Waals surface area contributed by atoms with Crippen LogP contribution in [0.4, 0.5) is 0 Å². The Balaban J connectivity index is 2.33. The molecule has 0 saturated carbocycles. The van der Waals surface area contributed by atoms with Crippen LogP contribution >= 0.6 is 11.6 Å². The number of rotatable bonds is 6. The Kier molecular flexibility index (Phi) is 4.87. The standard InChI is InChI=1S/C14H24ClN3O/c1-11(2)9-14(5-4-6-16-14)13-12(15)10-17-18(13)7-8-19-3/h10-11,16H,4-9H2,1-3H3. The summed E-state index contributed by atoms with van der Waals surface area (Å²) < 4.78 is 7.17. The predicted molar refractivity (Wildman–Crippen MR) is 77.5 cm³/mol. The lowest BCUT2D eigenvalue weighted by atomic mass is 9.84. The first-order chi connectivity index (χ1) is 9.09. The van der Waals surface area contributed by atoms with Crippen molar-refractivity contribution in [3.8, 4) is 0 Å². The van der Waals surface area contributed by atoms with Crippen LogP contribution in [0, 0.1) is 5.92 Å². The van der Waals surface area contributed by atoms with Crippen LogP contribution in [0.3, 0.4) is 0 Å². The fraction of sp³-hybridized carbons (Fsp3) is 0.786. The summed E-state index contributed by atoms with van der Waals surface area (Å²) in [7, 11) is 1.71. The van der Waals surface area contributed by atoms with E-state index in [9.17, 15) is 0 Å². The van der Waals surface area contributed by atoms with E-state index in [1.54, 1.807) is 13.3 Å². The molecule has 1 saturated heterocycles. The van der Waals surface area contributed by atoms with Crippen LogP contribution in [0.5, 0.6) is 0 Å². The molecule has 1 aromatic rings. The van der Waals surface area contributed by atoms with Crippen molar-refractivity contribution in [2.24, 2.45) is 5.92 Å². The zero-order valence-corrected chi connectivity index (χ0v) is 12.8. The van der Waals surface area contributed by atoms with Crippen molar-refractivity contribution in [1.29, 1.82) is 0 Å². The molecule has 4 nitrogen and oxygen atoms in total. The van der Waals surface area contributed by atoms with E-state index >= 15 is 0 Å². The monoisotopic (exact) mass is 285 g/mol. The molecule has 108 valence electrons. The fourth-order valence-electron chi connectivity index (χ4n) is 3.16. The van der Waals surface area contributed by atoms with E-state index in [1.165, 1.54) is 6.42 Å². The van der Waals surface area contributed by atoms with E-state index in [0.29, 0.717) is 12.5 Å². The zero-order valence-electron chi connectivity index (χ0n) is 12.1. The molecule has 0 aliphatic carbocycles. The first-order valence-corrected chi connectivity index (χ1v) is 7.42. The topological polar surface area (TPSA) is 39.1 Å². The van der Waals surface area contributed by atoms with Crippen molar-refractivity contribution in [3.63, 3.8) is 0 Å². The Morgan fingerprint density at radius 3 is 2.95 bits per heavy atom. The molecule has 1 aliphatic rings. The van der Waals surface area contributed by atoms with Crippen LogP contribution in [0.1, 0.15) is 38.8 Å². The second-order valence-electron chi connectivity index (χ2n) is 5.77. The highest BCUT2D eigenvalue weighted by Gasteiger charge is 2.40. The predicted octanol–water partition coefficient (Wildman–Crippen LogP) is 2.81. The van der Waals surface area contributed by atoms with Gasteiger partial charge in [-0.05, 0) is 31.7 Å². The average molecular weight is 286 g/mol. The van der Waals surface area contributed by atoms with Crippen LogP contribution in [-0.4, -0.2) is 30.0 Å². The van der Waals surface area contributed by atoms with Gasteiger partial charge in [-0.2, -0.15) is 5.10 Å². The number of methoxy groups -OCH3 is 1. The maximum absolute atomic E-state index is 6.41. The van der Waals surface area contributed by atoms with Gasteiger partial charge >= 0.3 is 0 Å². The van der Waals surface area contributed by atoms with Gasteiger partial charge in [-0.15, -0.1) is 0 Å². The molecule has 1 atom stereocenters. The van der Waals surface area contributed by atoms with Gasteiger partial charge in [-0.25, -0.2) is 0 Å². The maximum atomic E-state index is 6.41. The number of ether oxygens (including phenoxy) is 1. The quantitative estimate of drug-likeness (QED) is 0.873. The lowest BCUT2D eigenvalue weighted by molar-refractivity contribution is 0.178. The maximum Gasteiger partial charge on any atom is 0.0837 e. The number of nitrogens with zero attached hydrogens (tertiary/aromatic N) is 2. The molecule has 0 radical (unpaired) electrons. The molecule has 2 rings (SSSR count). The molecule has 1 unspecified atom stereocenters. The Bertz CT molecular complexity index is 411. The van der Waals surface area contributed by atoms with Crippen LogP contribution in [0.15, 0.2) is 6.20 Å². The normalized spacial score (nSPS) is 23.4. The number of nitrogens with one attached hydrogen (secondary N) is 1. The van der Waals surface area contributed by atoms with Gasteiger partial charge in [0, 0.05) is 7.11 Å². The van der Waals surface area contributed by atoms with Crippen molar-refractivity contribution in [3.05, 3.63) is 16.9 Å². The highest BCUT2D eigenvalue weighted by atomic mass is 35.5. The molecule has 1 N–H and O–H groups in total. The van der Waals surface area contributed by atoms with Gasteiger partial charge in [0.05, 0.1) is 35.6 Å². The van der Waals surface area contributed by atoms with Crippen LogP contribution in [0.25, 0.3) is 0 Å². The van der Waals surface area contributed by atoms with Gasteiger partial charge in [0.25, 0.3) is 0 Å². The average Bonchev–Trinajstić information content (AvgIpc) is 2.93. The molecule has 5 heteroatoms. The Labute approximate surface area is 120 Å². The number of halogens is 1. The van der Waals surface area contributed by atoms with Gasteiger partial charge in [0.1, 0.15) is 0 Å². The summed E-state index contributed by atoms with van der Waals surface area (Å²) in [4.78, 5) is 0. The van der Waals surface area contributed by atoms with Crippen LogP contribution in [0.2, 0.25) is 5.02 Å². The van der Waals surface area contributed by atoms with Gasteiger partial charge in [0.2, 0.25) is 0 Å². The van der Waals surface area contributed by atoms with E-state index in [4.69, 9.17) is 16.3 Å². The molecule has 2 heterocycles. The number of aromatic nitrogens is 2. The van der Waals surface area contributed by atoms with Gasteiger partial charge < -0.3 is 10.1 Å². The van der Waals surface area contributed by atoms with E-state index in [0.717, 1.165) is 36.6 Å². The van der Waals surface area contributed by atoms with Crippen molar-refractivity contribution in [2.45, 2.75) is 45.2 Å². The summed E-state index contributed by atoms with van der Waals surface area (Å²) in [5.74, 6) is 0.618. The molecule has 0 spiro atoms. The number of hydrogen-bond donors (Lipinski definition) is 1. The molecule has 1 aliphatic heterocycles. The van der Waals surface area contributed by atoms with Crippen molar-refractivity contribution in [1.82, 2.24) is 15.1 Å². The molecule has 0 bridgehead atoms. The highest BCUT2D eigenvalue weighted by molar-refractivity contribution is 6.31. The molecule has 1 aromatic heterocycles. The van der Waals surface area contributed by atoms with Crippen LogP contribution < -0.4 is 5.32 Å². The third-order valence-electron chi connectivity index (χ3n) is 3.76. The summed E-state index contributed by atoms with van der Waals surface area (Å²) >= 11 is 6.41. The lowest BCUT2D eigenvalue weighted by Crippen LogP contribution is -2.40. The van der Waals surface area contributed by atoms with Gasteiger partial charge in [0.15, 0.2) is 0 Å². The SMILES string of the molecule is COCCn1ncc(Cl)c1C1(CC(C)C)CCCN1.